The molecule has 0 aromatic rings. The Labute approximate surface area is 49.7 Å². The average molecular weight is 113 g/mol. The summed E-state index contributed by atoms with van der Waals surface area (Å²) < 4.78 is 5.10. The zero-order valence-electron chi connectivity index (χ0n) is 5.56. The highest BCUT2D eigenvalue weighted by Crippen LogP contribution is 2.39. The first-order chi connectivity index (χ1) is 3.57. The first-order valence-electron chi connectivity index (χ1n) is 2.63. The monoisotopic (exact) mass is 113 g/mol. The van der Waals surface area contributed by atoms with Crippen LogP contribution in [0.1, 0.15) is 6.92 Å². The summed E-state index contributed by atoms with van der Waals surface area (Å²) in [4.78, 5) is 2.00. The summed E-state index contributed by atoms with van der Waals surface area (Å²) in [6.45, 7) is 5.67. The van der Waals surface area contributed by atoms with Gasteiger partial charge in [0.25, 0.3) is 0 Å². The number of hydrogen-bond acceptors (Lipinski definition) is 2. The fourth-order valence-electron chi connectivity index (χ4n) is 0.555. The molecule has 1 heterocycles. The Morgan fingerprint density at radius 2 is 2.00 bits per heavy atom. The van der Waals surface area contributed by atoms with Crippen LogP contribution < -0.4 is 0 Å². The van der Waals surface area contributed by atoms with Gasteiger partial charge in [0.15, 0.2) is 5.76 Å². The predicted octanol–water partition coefficient (Wildman–Crippen LogP) is 0.808. The van der Waals surface area contributed by atoms with E-state index in [0.29, 0.717) is 0 Å². The van der Waals surface area contributed by atoms with E-state index in [1.165, 1.54) is 0 Å². The third-order valence-electron chi connectivity index (χ3n) is 1.65. The minimum Gasteiger partial charge on any atom is -0.465 e. The highest BCUT2D eigenvalue weighted by Gasteiger charge is 2.48. The standard InChI is InChI=1S/C6H11NO/c1-5-6(2,8-5)7(3)4/h1H2,2-4H3. The van der Waals surface area contributed by atoms with Gasteiger partial charge >= 0.3 is 0 Å². The Balaban J connectivity index is 2.59. The molecule has 1 rings (SSSR count). The van der Waals surface area contributed by atoms with Gasteiger partial charge in [-0.3, -0.25) is 4.90 Å². The molecule has 46 valence electrons. The molecule has 0 aromatic heterocycles. The van der Waals surface area contributed by atoms with E-state index in [4.69, 9.17) is 4.74 Å². The second-order valence-corrected chi connectivity index (χ2v) is 2.40. The molecule has 1 aliphatic rings. The van der Waals surface area contributed by atoms with Crippen LogP contribution in [0.25, 0.3) is 0 Å². The first kappa shape index (κ1) is 5.63. The largest absolute Gasteiger partial charge is 0.465 e. The van der Waals surface area contributed by atoms with Crippen molar-refractivity contribution in [3.63, 3.8) is 0 Å². The van der Waals surface area contributed by atoms with E-state index in [-0.39, 0.29) is 5.72 Å². The van der Waals surface area contributed by atoms with Crippen molar-refractivity contribution in [2.45, 2.75) is 12.6 Å². The summed E-state index contributed by atoms with van der Waals surface area (Å²) in [6, 6.07) is 0. The number of hydrogen-bond donors (Lipinski definition) is 0. The summed E-state index contributed by atoms with van der Waals surface area (Å²) in [6.07, 6.45) is 0. The molecule has 2 nitrogen and oxygen atoms in total. The molecule has 0 bridgehead atoms. The van der Waals surface area contributed by atoms with Crippen LogP contribution in [0.15, 0.2) is 12.3 Å². The second kappa shape index (κ2) is 1.26. The third kappa shape index (κ3) is 0.530. The van der Waals surface area contributed by atoms with E-state index in [9.17, 15) is 0 Å². The number of likely N-dealkylation sites (N-methyl/N-ethyl adjacent to an activating group) is 1. The Morgan fingerprint density at radius 1 is 1.62 bits per heavy atom. The van der Waals surface area contributed by atoms with Crippen LogP contribution >= 0.6 is 0 Å². The first-order valence-corrected chi connectivity index (χ1v) is 2.63. The quantitative estimate of drug-likeness (QED) is 0.468. The summed E-state index contributed by atoms with van der Waals surface area (Å²) in [5, 5.41) is 0. The van der Waals surface area contributed by atoms with Gasteiger partial charge in [0, 0.05) is 0 Å². The normalized spacial score (nSPS) is 35.2. The van der Waals surface area contributed by atoms with Crippen molar-refractivity contribution in [1.29, 1.82) is 0 Å². The van der Waals surface area contributed by atoms with Gasteiger partial charge in [0.1, 0.15) is 0 Å². The van der Waals surface area contributed by atoms with Crippen molar-refractivity contribution in [3.05, 3.63) is 12.3 Å². The van der Waals surface area contributed by atoms with Gasteiger partial charge in [0.05, 0.1) is 0 Å². The molecule has 0 aliphatic carbocycles. The molecule has 1 saturated heterocycles. The minimum atomic E-state index is -0.153. The molecule has 1 aliphatic heterocycles. The smallest absolute Gasteiger partial charge is 0.217 e. The van der Waals surface area contributed by atoms with E-state index in [1.54, 1.807) is 0 Å². The molecule has 8 heavy (non-hydrogen) atoms. The average Bonchev–Trinajstić information content (AvgIpc) is 2.17. The van der Waals surface area contributed by atoms with Gasteiger partial charge < -0.3 is 4.74 Å². The lowest BCUT2D eigenvalue weighted by Crippen LogP contribution is -2.27. The van der Waals surface area contributed by atoms with Crippen molar-refractivity contribution in [1.82, 2.24) is 4.90 Å². The van der Waals surface area contributed by atoms with Crippen LogP contribution in [0.5, 0.6) is 0 Å². The molecule has 0 aromatic carbocycles. The van der Waals surface area contributed by atoms with Crippen molar-refractivity contribution >= 4 is 0 Å². The summed E-state index contributed by atoms with van der Waals surface area (Å²) in [5.74, 6) is 0.863. The number of ether oxygens (including phenoxy) is 1. The van der Waals surface area contributed by atoms with E-state index in [2.05, 4.69) is 6.58 Å². The summed E-state index contributed by atoms with van der Waals surface area (Å²) in [5.41, 5.74) is -0.153. The summed E-state index contributed by atoms with van der Waals surface area (Å²) >= 11 is 0. The van der Waals surface area contributed by atoms with Crippen LogP contribution in [-0.4, -0.2) is 24.7 Å². The topological polar surface area (TPSA) is 15.8 Å². The molecule has 1 atom stereocenters. The molecule has 2 heteroatoms. The maximum absolute atomic E-state index is 5.10. The van der Waals surface area contributed by atoms with Gasteiger partial charge in [-0.25, -0.2) is 0 Å². The number of rotatable bonds is 1. The van der Waals surface area contributed by atoms with Gasteiger partial charge in [-0.15, -0.1) is 0 Å². The molecule has 1 fully saturated rings. The van der Waals surface area contributed by atoms with Crippen molar-refractivity contribution < 1.29 is 4.74 Å². The van der Waals surface area contributed by atoms with Gasteiger partial charge in [-0.1, -0.05) is 6.58 Å². The Kier molecular flexibility index (Phi) is 0.886. The van der Waals surface area contributed by atoms with Crippen LogP contribution in [0.2, 0.25) is 0 Å². The van der Waals surface area contributed by atoms with Gasteiger partial charge in [0.2, 0.25) is 5.72 Å². The van der Waals surface area contributed by atoms with Crippen LogP contribution in [-0.2, 0) is 4.74 Å². The van der Waals surface area contributed by atoms with Crippen LogP contribution in [0.4, 0.5) is 0 Å². The fraction of sp³-hybridized carbons (Fsp3) is 0.667. The van der Waals surface area contributed by atoms with Gasteiger partial charge in [-0.05, 0) is 21.0 Å². The lowest BCUT2D eigenvalue weighted by molar-refractivity contribution is 0.150. The summed E-state index contributed by atoms with van der Waals surface area (Å²) in [7, 11) is 3.94. The number of epoxide rings is 1. The Morgan fingerprint density at radius 3 is 2.00 bits per heavy atom. The molecular weight excluding hydrogens is 102 g/mol. The number of nitrogens with zero attached hydrogens (tertiary/aromatic N) is 1. The SMILES string of the molecule is C=C1OC1(C)N(C)C. The van der Waals surface area contributed by atoms with Crippen molar-refractivity contribution in [3.8, 4) is 0 Å². The maximum atomic E-state index is 5.10. The fourth-order valence-corrected chi connectivity index (χ4v) is 0.555. The lowest BCUT2D eigenvalue weighted by atomic mass is 10.3. The molecular formula is C6H11NO. The Hall–Kier alpha value is -0.500. The molecule has 0 spiro atoms. The maximum Gasteiger partial charge on any atom is 0.217 e. The van der Waals surface area contributed by atoms with Crippen molar-refractivity contribution in [2.24, 2.45) is 0 Å². The van der Waals surface area contributed by atoms with Gasteiger partial charge in [-0.2, -0.15) is 0 Å². The molecule has 0 saturated carbocycles. The predicted molar refractivity (Wildman–Crippen MR) is 32.3 cm³/mol. The molecule has 0 N–H and O–H groups in total. The highest BCUT2D eigenvalue weighted by molar-refractivity contribution is 5.16. The molecule has 0 amide bonds. The van der Waals surface area contributed by atoms with E-state index >= 15 is 0 Å². The van der Waals surface area contributed by atoms with Crippen molar-refractivity contribution in [2.75, 3.05) is 14.1 Å². The zero-order chi connectivity index (χ0) is 6.36. The van der Waals surface area contributed by atoms with E-state index in [1.807, 2.05) is 25.9 Å². The van der Waals surface area contributed by atoms with E-state index < -0.39 is 0 Å². The molecule has 0 radical (unpaired) electrons. The Bertz CT molecular complexity index is 130. The highest BCUT2D eigenvalue weighted by atomic mass is 16.6. The minimum absolute atomic E-state index is 0.153. The zero-order valence-corrected chi connectivity index (χ0v) is 5.56. The lowest BCUT2D eigenvalue weighted by Gasteiger charge is -2.10. The van der Waals surface area contributed by atoms with E-state index in [0.717, 1.165) is 5.76 Å². The second-order valence-electron chi connectivity index (χ2n) is 2.40. The molecule has 1 unspecified atom stereocenters. The van der Waals surface area contributed by atoms with Crippen LogP contribution in [0, 0.1) is 0 Å². The van der Waals surface area contributed by atoms with Crippen LogP contribution in [0.3, 0.4) is 0 Å². The third-order valence-corrected chi connectivity index (χ3v) is 1.65.